The molecule has 104 valence electrons. The van der Waals surface area contributed by atoms with Crippen LogP contribution < -0.4 is 0 Å². The first-order valence-corrected chi connectivity index (χ1v) is 7.24. The Morgan fingerprint density at radius 2 is 2.00 bits per heavy atom. The van der Waals surface area contributed by atoms with Gasteiger partial charge in [-0.1, -0.05) is 23.7 Å². The Morgan fingerprint density at radius 1 is 1.24 bits per heavy atom. The fraction of sp³-hybridized carbons (Fsp3) is 0.125. The normalized spacial score (nSPS) is 12.3. The largest absolute Gasteiger partial charge is 0.294 e. The molecule has 3 nitrogen and oxygen atoms in total. The van der Waals surface area contributed by atoms with Crippen LogP contribution in [0, 0.1) is 11.3 Å². The monoisotopic (exact) mass is 315 g/mol. The van der Waals surface area contributed by atoms with E-state index in [1.165, 1.54) is 0 Å². The maximum absolute atomic E-state index is 9.35. The van der Waals surface area contributed by atoms with Gasteiger partial charge >= 0.3 is 0 Å². The minimum absolute atomic E-state index is 0.289. The van der Waals surface area contributed by atoms with Crippen molar-refractivity contribution in [1.29, 1.82) is 5.26 Å². The van der Waals surface area contributed by atoms with Crippen molar-refractivity contribution in [2.24, 2.45) is 0 Å². The molecule has 1 aromatic heterocycles. The van der Waals surface area contributed by atoms with Crippen LogP contribution in [0.15, 0.2) is 42.5 Å². The molecule has 0 spiro atoms. The number of alkyl halides is 1. The molecule has 3 rings (SSSR count). The second kappa shape index (κ2) is 5.40. The highest BCUT2D eigenvalue weighted by molar-refractivity contribution is 6.30. The van der Waals surface area contributed by atoms with Gasteiger partial charge in [0.25, 0.3) is 0 Å². The molecule has 2 aromatic carbocycles. The molecule has 0 radical (unpaired) electrons. The lowest BCUT2D eigenvalue weighted by atomic mass is 10.2. The first-order valence-electron chi connectivity index (χ1n) is 6.43. The summed E-state index contributed by atoms with van der Waals surface area (Å²) < 4.78 is 1.90. The van der Waals surface area contributed by atoms with E-state index in [4.69, 9.17) is 23.2 Å². The van der Waals surface area contributed by atoms with Gasteiger partial charge in [0, 0.05) is 5.02 Å². The van der Waals surface area contributed by atoms with Gasteiger partial charge in [0.15, 0.2) is 0 Å². The van der Waals surface area contributed by atoms with Gasteiger partial charge in [-0.3, -0.25) is 4.57 Å². The van der Waals surface area contributed by atoms with Crippen molar-refractivity contribution in [3.8, 4) is 11.8 Å². The molecule has 0 saturated carbocycles. The Balaban J connectivity index is 2.42. The molecule has 3 aromatic rings. The van der Waals surface area contributed by atoms with E-state index in [-0.39, 0.29) is 5.38 Å². The molecule has 0 saturated heterocycles. The summed E-state index contributed by atoms with van der Waals surface area (Å²) >= 11 is 12.4. The first-order chi connectivity index (χ1) is 10.1. The molecule has 0 bridgehead atoms. The Kier molecular flexibility index (Phi) is 3.59. The predicted molar refractivity (Wildman–Crippen MR) is 85.1 cm³/mol. The average Bonchev–Trinajstić information content (AvgIpc) is 2.86. The lowest BCUT2D eigenvalue weighted by Crippen LogP contribution is -2.04. The van der Waals surface area contributed by atoms with Crippen molar-refractivity contribution in [3.05, 3.63) is 58.9 Å². The summed E-state index contributed by atoms with van der Waals surface area (Å²) in [6.07, 6.45) is 0. The summed E-state index contributed by atoms with van der Waals surface area (Å²) in [5.41, 5.74) is 2.96. The number of rotatable bonds is 2. The molecule has 21 heavy (non-hydrogen) atoms. The van der Waals surface area contributed by atoms with Crippen LogP contribution in [0.1, 0.15) is 23.7 Å². The number of nitriles is 1. The Labute approximate surface area is 132 Å². The molecule has 1 atom stereocenters. The number of fused-ring (bicyclic) bond motifs is 1. The molecule has 0 N–H and O–H groups in total. The number of halogens is 2. The number of benzene rings is 2. The van der Waals surface area contributed by atoms with Gasteiger partial charge in [0.05, 0.1) is 27.7 Å². The molecular formula is C16H11Cl2N3. The second-order valence-electron chi connectivity index (χ2n) is 4.68. The molecule has 1 unspecified atom stereocenters. The number of hydrogen-bond acceptors (Lipinski definition) is 2. The van der Waals surface area contributed by atoms with Gasteiger partial charge in [-0.15, -0.1) is 11.6 Å². The Hall–Kier alpha value is -2.02. The topological polar surface area (TPSA) is 41.6 Å². The van der Waals surface area contributed by atoms with E-state index >= 15 is 0 Å². The van der Waals surface area contributed by atoms with Gasteiger partial charge in [-0.2, -0.15) is 5.26 Å². The second-order valence-corrected chi connectivity index (χ2v) is 5.77. The molecule has 0 aliphatic heterocycles. The molecule has 0 aliphatic carbocycles. The highest BCUT2D eigenvalue weighted by atomic mass is 35.5. The van der Waals surface area contributed by atoms with Crippen LogP contribution >= 0.6 is 23.2 Å². The van der Waals surface area contributed by atoms with E-state index in [9.17, 15) is 5.26 Å². The molecular weight excluding hydrogens is 305 g/mol. The van der Waals surface area contributed by atoms with Crippen molar-refractivity contribution in [2.45, 2.75) is 12.3 Å². The van der Waals surface area contributed by atoms with Crippen LogP contribution in [-0.4, -0.2) is 9.55 Å². The summed E-state index contributed by atoms with van der Waals surface area (Å²) in [5, 5.41) is 9.63. The summed E-state index contributed by atoms with van der Waals surface area (Å²) in [7, 11) is 0. The Morgan fingerprint density at radius 3 is 2.71 bits per heavy atom. The fourth-order valence-corrected chi connectivity index (χ4v) is 2.66. The van der Waals surface area contributed by atoms with Gasteiger partial charge in [0.1, 0.15) is 11.9 Å². The van der Waals surface area contributed by atoms with Crippen LogP contribution in [0.25, 0.3) is 16.7 Å². The quantitative estimate of drug-likeness (QED) is 0.634. The zero-order valence-electron chi connectivity index (χ0n) is 11.2. The SMILES string of the molecule is CC(Cl)c1nc2ccccc2n1-c1cc(Cl)ccc1C#N. The van der Waals surface area contributed by atoms with Gasteiger partial charge < -0.3 is 0 Å². The van der Waals surface area contributed by atoms with Crippen molar-refractivity contribution in [3.63, 3.8) is 0 Å². The third-order valence-corrected chi connectivity index (χ3v) is 3.69. The van der Waals surface area contributed by atoms with Gasteiger partial charge in [-0.25, -0.2) is 4.98 Å². The van der Waals surface area contributed by atoms with Crippen LogP contribution in [0.4, 0.5) is 0 Å². The predicted octanol–water partition coefficient (Wildman–Crippen LogP) is 4.85. The van der Waals surface area contributed by atoms with E-state index < -0.39 is 0 Å². The minimum Gasteiger partial charge on any atom is -0.294 e. The van der Waals surface area contributed by atoms with Crippen LogP contribution in [0.2, 0.25) is 5.02 Å². The van der Waals surface area contributed by atoms with E-state index in [2.05, 4.69) is 11.1 Å². The fourth-order valence-electron chi connectivity index (χ4n) is 2.35. The third kappa shape index (κ3) is 2.37. The zero-order valence-corrected chi connectivity index (χ0v) is 12.7. The van der Waals surface area contributed by atoms with Crippen LogP contribution in [0.5, 0.6) is 0 Å². The highest BCUT2D eigenvalue weighted by Crippen LogP contribution is 2.30. The van der Waals surface area contributed by atoms with Crippen molar-refractivity contribution >= 4 is 34.2 Å². The summed E-state index contributed by atoms with van der Waals surface area (Å²) in [5.74, 6) is 0.691. The summed E-state index contributed by atoms with van der Waals surface area (Å²) in [4.78, 5) is 4.57. The van der Waals surface area contributed by atoms with Crippen molar-refractivity contribution < 1.29 is 0 Å². The molecule has 5 heteroatoms. The maximum Gasteiger partial charge on any atom is 0.132 e. The number of hydrogen-bond donors (Lipinski definition) is 0. The van der Waals surface area contributed by atoms with Gasteiger partial charge in [0.2, 0.25) is 0 Å². The number of imidazole rings is 1. The van der Waals surface area contributed by atoms with E-state index in [0.29, 0.717) is 22.1 Å². The molecule has 0 fully saturated rings. The molecule has 0 aliphatic rings. The van der Waals surface area contributed by atoms with Crippen LogP contribution in [-0.2, 0) is 0 Å². The van der Waals surface area contributed by atoms with Crippen molar-refractivity contribution in [1.82, 2.24) is 9.55 Å². The smallest absolute Gasteiger partial charge is 0.132 e. The van der Waals surface area contributed by atoms with Crippen molar-refractivity contribution in [2.75, 3.05) is 0 Å². The highest BCUT2D eigenvalue weighted by Gasteiger charge is 2.18. The number of para-hydroxylation sites is 2. The summed E-state index contributed by atoms with van der Waals surface area (Å²) in [6.45, 7) is 1.86. The number of aromatic nitrogens is 2. The lowest BCUT2D eigenvalue weighted by Gasteiger charge is -2.12. The van der Waals surface area contributed by atoms with E-state index in [1.807, 2.05) is 35.8 Å². The minimum atomic E-state index is -0.289. The number of nitrogens with zero attached hydrogens (tertiary/aromatic N) is 3. The zero-order chi connectivity index (χ0) is 15.0. The van der Waals surface area contributed by atoms with Crippen LogP contribution in [0.3, 0.4) is 0 Å². The molecule has 1 heterocycles. The molecule has 0 amide bonds. The summed E-state index contributed by atoms with van der Waals surface area (Å²) in [6, 6.07) is 15.1. The van der Waals surface area contributed by atoms with Gasteiger partial charge in [-0.05, 0) is 37.3 Å². The third-order valence-electron chi connectivity index (χ3n) is 3.26. The Bertz CT molecular complexity index is 860. The standard InChI is InChI=1S/C16H11Cl2N3/c1-10(17)16-20-13-4-2-3-5-14(13)21(16)15-8-12(18)7-6-11(15)9-19/h2-8,10H,1H3. The van der Waals surface area contributed by atoms with E-state index in [0.717, 1.165) is 11.0 Å². The maximum atomic E-state index is 9.35. The first kappa shape index (κ1) is 13.9. The average molecular weight is 316 g/mol. The van der Waals surface area contributed by atoms with E-state index in [1.54, 1.807) is 18.2 Å². The lowest BCUT2D eigenvalue weighted by molar-refractivity contribution is 0.881.